The molecule has 0 bridgehead atoms. The number of thioether (sulfide) groups is 1. The fourth-order valence-corrected chi connectivity index (χ4v) is 3.44. The van der Waals surface area contributed by atoms with E-state index in [0.717, 1.165) is 9.28 Å². The molecule has 0 spiro atoms. The third kappa shape index (κ3) is 1.95. The van der Waals surface area contributed by atoms with Gasteiger partial charge in [-0.3, -0.25) is 4.99 Å². The van der Waals surface area contributed by atoms with E-state index in [1.165, 1.54) is 0 Å². The Hall–Kier alpha value is 0.980. The summed E-state index contributed by atoms with van der Waals surface area (Å²) in [5, 5.41) is 1.65. The molecule has 1 aliphatic heterocycles. The minimum absolute atomic E-state index is 0.462. The zero-order valence-electron chi connectivity index (χ0n) is 4.97. The van der Waals surface area contributed by atoms with E-state index in [4.69, 9.17) is 0 Å². The maximum atomic E-state index is 4.31. The molecule has 1 nitrogen and oxygen atoms in total. The van der Waals surface area contributed by atoms with Crippen molar-refractivity contribution in [1.29, 1.82) is 0 Å². The number of aliphatic imine (C=N–C) groups is 1. The van der Waals surface area contributed by atoms with Crippen molar-refractivity contribution in [3.05, 3.63) is 0 Å². The Labute approximate surface area is 75.9 Å². The van der Waals surface area contributed by atoms with Crippen LogP contribution in [-0.2, 0) is 0 Å². The normalized spacial score (nSPS) is 34.8. The van der Waals surface area contributed by atoms with E-state index in [-0.39, 0.29) is 0 Å². The predicted molar refractivity (Wildman–Crippen MR) is 51.0 cm³/mol. The lowest BCUT2D eigenvalue weighted by molar-refractivity contribution is 0.760. The summed E-state index contributed by atoms with van der Waals surface area (Å²) in [5.41, 5.74) is 0. The standard InChI is InChI=1S/C5H7Br2NS/c1-3-4(2-6)9-5(7)8-3/h3-4H,2H2,1H3. The molecule has 1 heterocycles. The molecule has 1 rings (SSSR count). The third-order valence-corrected chi connectivity index (χ3v) is 4.30. The second-order valence-corrected chi connectivity index (χ2v) is 5.08. The van der Waals surface area contributed by atoms with Gasteiger partial charge in [0.2, 0.25) is 0 Å². The molecular formula is C5H7Br2NS. The topological polar surface area (TPSA) is 12.4 Å². The minimum atomic E-state index is 0.462. The Morgan fingerprint density at radius 2 is 2.44 bits per heavy atom. The number of rotatable bonds is 1. The number of nitrogens with zero attached hydrogens (tertiary/aromatic N) is 1. The van der Waals surface area contributed by atoms with Gasteiger partial charge >= 0.3 is 0 Å². The molecule has 4 heteroatoms. The van der Waals surface area contributed by atoms with Crippen molar-refractivity contribution in [2.45, 2.75) is 18.2 Å². The highest BCUT2D eigenvalue weighted by Crippen LogP contribution is 2.30. The molecule has 9 heavy (non-hydrogen) atoms. The van der Waals surface area contributed by atoms with Gasteiger partial charge < -0.3 is 0 Å². The van der Waals surface area contributed by atoms with Crippen LogP contribution >= 0.6 is 43.6 Å². The van der Waals surface area contributed by atoms with Crippen LogP contribution in [0, 0.1) is 0 Å². The van der Waals surface area contributed by atoms with Gasteiger partial charge in [0.15, 0.2) is 0 Å². The number of hydrogen-bond acceptors (Lipinski definition) is 2. The van der Waals surface area contributed by atoms with E-state index < -0.39 is 0 Å². The van der Waals surface area contributed by atoms with Crippen LogP contribution in [0.2, 0.25) is 0 Å². The Morgan fingerprint density at radius 1 is 1.78 bits per heavy atom. The first-order chi connectivity index (χ1) is 4.24. The molecule has 52 valence electrons. The van der Waals surface area contributed by atoms with Crippen molar-refractivity contribution >= 4 is 47.6 Å². The molecular weight excluding hydrogens is 266 g/mol. The smallest absolute Gasteiger partial charge is 0.134 e. The summed E-state index contributed by atoms with van der Waals surface area (Å²) in [6.07, 6.45) is 0. The average Bonchev–Trinajstić information content (AvgIpc) is 2.10. The van der Waals surface area contributed by atoms with Crippen molar-refractivity contribution in [3.63, 3.8) is 0 Å². The van der Waals surface area contributed by atoms with E-state index in [9.17, 15) is 0 Å². The lowest BCUT2D eigenvalue weighted by Gasteiger charge is -2.06. The fraction of sp³-hybridized carbons (Fsp3) is 0.800. The van der Waals surface area contributed by atoms with Gasteiger partial charge in [-0.15, -0.1) is 0 Å². The zero-order chi connectivity index (χ0) is 6.85. The van der Waals surface area contributed by atoms with Crippen molar-refractivity contribution in [2.24, 2.45) is 4.99 Å². The second kappa shape index (κ2) is 3.39. The molecule has 0 aliphatic carbocycles. The van der Waals surface area contributed by atoms with Crippen LogP contribution < -0.4 is 0 Å². The summed E-state index contributed by atoms with van der Waals surface area (Å²) in [6, 6.07) is 0.462. The minimum Gasteiger partial charge on any atom is -0.267 e. The van der Waals surface area contributed by atoms with Crippen LogP contribution in [0.4, 0.5) is 0 Å². The Bertz CT molecular complexity index is 137. The zero-order valence-corrected chi connectivity index (χ0v) is 8.96. The van der Waals surface area contributed by atoms with Gasteiger partial charge in [-0.05, 0) is 22.9 Å². The molecule has 0 aromatic carbocycles. The first kappa shape index (κ1) is 8.08. The SMILES string of the molecule is CC1N=C(Br)SC1CBr. The van der Waals surface area contributed by atoms with Crippen molar-refractivity contribution in [1.82, 2.24) is 0 Å². The van der Waals surface area contributed by atoms with Crippen LogP contribution in [0.1, 0.15) is 6.92 Å². The monoisotopic (exact) mass is 271 g/mol. The second-order valence-electron chi connectivity index (χ2n) is 1.93. The summed E-state index contributed by atoms with van der Waals surface area (Å²) in [6.45, 7) is 2.13. The van der Waals surface area contributed by atoms with Crippen molar-refractivity contribution in [2.75, 3.05) is 5.33 Å². The maximum absolute atomic E-state index is 4.31. The first-order valence-corrected chi connectivity index (χ1v) is 5.49. The van der Waals surface area contributed by atoms with Crippen LogP contribution in [-0.4, -0.2) is 20.6 Å². The Balaban J connectivity index is 2.49. The van der Waals surface area contributed by atoms with Crippen LogP contribution in [0.5, 0.6) is 0 Å². The van der Waals surface area contributed by atoms with E-state index in [1.807, 2.05) is 0 Å². The van der Waals surface area contributed by atoms with Gasteiger partial charge in [0, 0.05) is 10.6 Å². The Morgan fingerprint density at radius 3 is 2.67 bits per heavy atom. The molecule has 0 saturated carbocycles. The summed E-state index contributed by atoms with van der Waals surface area (Å²) in [7, 11) is 0. The summed E-state index contributed by atoms with van der Waals surface area (Å²) in [4.78, 5) is 4.31. The molecule has 0 saturated heterocycles. The van der Waals surface area contributed by atoms with Gasteiger partial charge in [0.1, 0.15) is 3.95 Å². The molecule has 2 atom stereocenters. The van der Waals surface area contributed by atoms with Gasteiger partial charge in [0.05, 0.1) is 6.04 Å². The summed E-state index contributed by atoms with van der Waals surface area (Å²) < 4.78 is 1.04. The lowest BCUT2D eigenvalue weighted by Crippen LogP contribution is -2.14. The highest BCUT2D eigenvalue weighted by atomic mass is 79.9. The van der Waals surface area contributed by atoms with E-state index in [1.54, 1.807) is 11.8 Å². The molecule has 0 radical (unpaired) electrons. The van der Waals surface area contributed by atoms with E-state index in [0.29, 0.717) is 11.3 Å². The highest BCUT2D eigenvalue weighted by Gasteiger charge is 2.23. The largest absolute Gasteiger partial charge is 0.267 e. The molecule has 0 fully saturated rings. The highest BCUT2D eigenvalue weighted by molar-refractivity contribution is 9.22. The molecule has 0 N–H and O–H groups in total. The average molecular weight is 273 g/mol. The molecule has 1 aliphatic rings. The van der Waals surface area contributed by atoms with Crippen molar-refractivity contribution < 1.29 is 0 Å². The first-order valence-electron chi connectivity index (χ1n) is 2.70. The van der Waals surface area contributed by atoms with Crippen LogP contribution in [0.25, 0.3) is 0 Å². The molecule has 0 aromatic heterocycles. The quantitative estimate of drug-likeness (QED) is 0.669. The van der Waals surface area contributed by atoms with Gasteiger partial charge in [0.25, 0.3) is 0 Å². The molecule has 2 unspecified atom stereocenters. The van der Waals surface area contributed by atoms with Crippen LogP contribution in [0.15, 0.2) is 4.99 Å². The van der Waals surface area contributed by atoms with Gasteiger partial charge in [-0.25, -0.2) is 0 Å². The fourth-order valence-electron chi connectivity index (χ4n) is 0.657. The predicted octanol–water partition coefficient (Wildman–Crippen LogP) is 2.64. The number of hydrogen-bond donors (Lipinski definition) is 0. The summed E-state index contributed by atoms with van der Waals surface area (Å²) in [5.74, 6) is 0. The number of alkyl halides is 1. The molecule has 0 aromatic rings. The molecule has 0 amide bonds. The third-order valence-electron chi connectivity index (χ3n) is 1.24. The number of halogens is 2. The van der Waals surface area contributed by atoms with Crippen LogP contribution in [0.3, 0.4) is 0 Å². The summed E-state index contributed by atoms with van der Waals surface area (Å²) >= 11 is 8.57. The maximum Gasteiger partial charge on any atom is 0.134 e. The lowest BCUT2D eigenvalue weighted by atomic mass is 10.3. The van der Waals surface area contributed by atoms with Gasteiger partial charge in [-0.1, -0.05) is 27.7 Å². The van der Waals surface area contributed by atoms with Crippen molar-refractivity contribution in [3.8, 4) is 0 Å². The van der Waals surface area contributed by atoms with E-state index >= 15 is 0 Å². The van der Waals surface area contributed by atoms with Gasteiger partial charge in [-0.2, -0.15) is 0 Å². The van der Waals surface area contributed by atoms with E-state index in [2.05, 4.69) is 43.8 Å². The Kier molecular flexibility index (Phi) is 3.05.